The summed E-state index contributed by atoms with van der Waals surface area (Å²) >= 11 is 0. The Kier molecular flexibility index (Phi) is 3.61. The summed E-state index contributed by atoms with van der Waals surface area (Å²) in [7, 11) is 1.56. The fourth-order valence-electron chi connectivity index (χ4n) is 2.36. The maximum Gasteiger partial charge on any atom is 0.326 e. The monoisotopic (exact) mass is 273 g/mol. The van der Waals surface area contributed by atoms with Gasteiger partial charge in [0.15, 0.2) is 0 Å². The van der Waals surface area contributed by atoms with E-state index in [0.29, 0.717) is 17.7 Å². The van der Waals surface area contributed by atoms with Gasteiger partial charge in [0.1, 0.15) is 17.8 Å². The summed E-state index contributed by atoms with van der Waals surface area (Å²) in [5.41, 5.74) is -0.417. The van der Waals surface area contributed by atoms with Crippen molar-refractivity contribution in [1.82, 2.24) is 10.2 Å². The molecule has 1 fully saturated rings. The molecule has 6 heteroatoms. The van der Waals surface area contributed by atoms with Crippen molar-refractivity contribution in [3.05, 3.63) is 29.8 Å². The van der Waals surface area contributed by atoms with Crippen LogP contribution in [0, 0.1) is 11.3 Å². The molecule has 0 aliphatic carbocycles. The lowest BCUT2D eigenvalue weighted by molar-refractivity contribution is -0.131. The third-order valence-corrected chi connectivity index (χ3v) is 3.52. The highest BCUT2D eigenvalue weighted by Gasteiger charge is 2.51. The second-order valence-electron chi connectivity index (χ2n) is 4.47. The Morgan fingerprint density at radius 1 is 1.35 bits per heavy atom. The molecule has 1 aliphatic rings. The van der Waals surface area contributed by atoms with Gasteiger partial charge in [0, 0.05) is 0 Å². The predicted octanol–water partition coefficient (Wildman–Crippen LogP) is 1.38. The lowest BCUT2D eigenvalue weighted by Crippen LogP contribution is -2.43. The SMILES string of the molecule is CC[C@@]1(c2ccc(OC)cc2)NC(=O)N(CC#N)C1=O. The van der Waals surface area contributed by atoms with E-state index in [-0.39, 0.29) is 6.54 Å². The smallest absolute Gasteiger partial charge is 0.326 e. The normalized spacial score (nSPS) is 21.6. The van der Waals surface area contributed by atoms with E-state index < -0.39 is 17.5 Å². The largest absolute Gasteiger partial charge is 0.497 e. The van der Waals surface area contributed by atoms with Gasteiger partial charge in [-0.15, -0.1) is 0 Å². The van der Waals surface area contributed by atoms with Crippen LogP contribution >= 0.6 is 0 Å². The molecular weight excluding hydrogens is 258 g/mol. The molecule has 1 atom stereocenters. The van der Waals surface area contributed by atoms with Crippen LogP contribution in [0.5, 0.6) is 5.75 Å². The molecular formula is C14H15N3O3. The summed E-state index contributed by atoms with van der Waals surface area (Å²) in [4.78, 5) is 25.3. The second-order valence-corrected chi connectivity index (χ2v) is 4.47. The van der Waals surface area contributed by atoms with Crippen LogP contribution in [0.2, 0.25) is 0 Å². The minimum Gasteiger partial charge on any atom is -0.497 e. The number of rotatable bonds is 4. The van der Waals surface area contributed by atoms with Crippen molar-refractivity contribution in [3.8, 4) is 11.8 Å². The molecule has 6 nitrogen and oxygen atoms in total. The highest BCUT2D eigenvalue weighted by atomic mass is 16.5. The summed E-state index contributed by atoms with van der Waals surface area (Å²) in [6, 6.07) is 8.26. The summed E-state index contributed by atoms with van der Waals surface area (Å²) in [5.74, 6) is 0.280. The number of urea groups is 1. The molecule has 0 unspecified atom stereocenters. The van der Waals surface area contributed by atoms with Gasteiger partial charge in [0.2, 0.25) is 0 Å². The van der Waals surface area contributed by atoms with Gasteiger partial charge in [-0.05, 0) is 24.1 Å². The van der Waals surface area contributed by atoms with E-state index in [1.54, 1.807) is 31.4 Å². The highest BCUT2D eigenvalue weighted by molar-refractivity contribution is 6.07. The highest BCUT2D eigenvalue weighted by Crippen LogP contribution is 2.33. The van der Waals surface area contributed by atoms with Crippen molar-refractivity contribution in [2.45, 2.75) is 18.9 Å². The van der Waals surface area contributed by atoms with Gasteiger partial charge >= 0.3 is 6.03 Å². The van der Waals surface area contributed by atoms with E-state index in [1.165, 1.54) is 0 Å². The van der Waals surface area contributed by atoms with E-state index in [2.05, 4.69) is 5.32 Å². The number of ether oxygens (including phenoxy) is 1. The Balaban J connectivity index is 2.42. The molecule has 1 N–H and O–H groups in total. The van der Waals surface area contributed by atoms with Crippen LogP contribution in [0.15, 0.2) is 24.3 Å². The number of carbonyl (C=O) groups is 2. The first-order valence-electron chi connectivity index (χ1n) is 6.24. The van der Waals surface area contributed by atoms with Crippen LogP contribution in [0.4, 0.5) is 4.79 Å². The predicted molar refractivity (Wildman–Crippen MR) is 70.8 cm³/mol. The second kappa shape index (κ2) is 5.21. The van der Waals surface area contributed by atoms with Crippen LogP contribution in [-0.2, 0) is 10.3 Å². The van der Waals surface area contributed by atoms with Gasteiger partial charge in [0.25, 0.3) is 5.91 Å². The summed E-state index contributed by atoms with van der Waals surface area (Å²) < 4.78 is 5.08. The lowest BCUT2D eigenvalue weighted by Gasteiger charge is -2.25. The van der Waals surface area contributed by atoms with Crippen LogP contribution in [0.1, 0.15) is 18.9 Å². The fraction of sp³-hybridized carbons (Fsp3) is 0.357. The Morgan fingerprint density at radius 3 is 2.50 bits per heavy atom. The number of carbonyl (C=O) groups excluding carboxylic acids is 2. The van der Waals surface area contributed by atoms with E-state index in [4.69, 9.17) is 10.00 Å². The molecule has 20 heavy (non-hydrogen) atoms. The van der Waals surface area contributed by atoms with Gasteiger partial charge < -0.3 is 10.1 Å². The standard InChI is InChI=1S/C14H15N3O3/c1-3-14(10-4-6-11(20-2)7-5-10)12(18)17(9-8-15)13(19)16-14/h4-7H,3,9H2,1-2H3,(H,16,19)/t14-/m0/s1. The van der Waals surface area contributed by atoms with Gasteiger partial charge in [-0.25, -0.2) is 9.69 Å². The van der Waals surface area contributed by atoms with Crippen LogP contribution in [0.25, 0.3) is 0 Å². The topological polar surface area (TPSA) is 82.4 Å². The summed E-state index contributed by atoms with van der Waals surface area (Å²) in [6.45, 7) is 1.57. The van der Waals surface area contributed by atoms with E-state index >= 15 is 0 Å². The first kappa shape index (κ1) is 13.9. The summed E-state index contributed by atoms with van der Waals surface area (Å²) in [5, 5.41) is 11.4. The zero-order valence-corrected chi connectivity index (χ0v) is 11.3. The number of hydrogen-bond donors (Lipinski definition) is 1. The van der Waals surface area contributed by atoms with E-state index in [9.17, 15) is 9.59 Å². The molecule has 1 aromatic rings. The van der Waals surface area contributed by atoms with Gasteiger partial charge in [0.05, 0.1) is 13.2 Å². The molecule has 0 spiro atoms. The van der Waals surface area contributed by atoms with Crippen molar-refractivity contribution in [2.75, 3.05) is 13.7 Å². The number of benzene rings is 1. The van der Waals surface area contributed by atoms with E-state index in [0.717, 1.165) is 4.90 Å². The Hall–Kier alpha value is -2.55. The maximum absolute atomic E-state index is 12.5. The molecule has 3 amide bonds. The molecule has 0 radical (unpaired) electrons. The lowest BCUT2D eigenvalue weighted by atomic mass is 9.87. The van der Waals surface area contributed by atoms with Crippen molar-refractivity contribution >= 4 is 11.9 Å². The van der Waals surface area contributed by atoms with Crippen molar-refractivity contribution < 1.29 is 14.3 Å². The molecule has 2 rings (SSSR count). The number of nitriles is 1. The molecule has 0 saturated carbocycles. The number of imide groups is 1. The first-order chi connectivity index (χ1) is 9.58. The van der Waals surface area contributed by atoms with Crippen LogP contribution < -0.4 is 10.1 Å². The van der Waals surface area contributed by atoms with Crippen molar-refractivity contribution in [2.24, 2.45) is 0 Å². The number of amides is 3. The molecule has 0 bridgehead atoms. The van der Waals surface area contributed by atoms with E-state index in [1.807, 2.05) is 13.0 Å². The Labute approximate surface area is 116 Å². The van der Waals surface area contributed by atoms with Crippen LogP contribution in [-0.4, -0.2) is 30.5 Å². The molecule has 1 aliphatic heterocycles. The number of methoxy groups -OCH3 is 1. The third kappa shape index (κ3) is 1.97. The van der Waals surface area contributed by atoms with Crippen molar-refractivity contribution in [3.63, 3.8) is 0 Å². The van der Waals surface area contributed by atoms with Gasteiger partial charge in [-0.3, -0.25) is 4.79 Å². The quantitative estimate of drug-likeness (QED) is 0.663. The molecule has 1 aromatic carbocycles. The van der Waals surface area contributed by atoms with Gasteiger partial charge in [-0.2, -0.15) is 5.26 Å². The summed E-state index contributed by atoms with van der Waals surface area (Å²) in [6.07, 6.45) is 0.409. The Bertz CT molecular complexity index is 576. The molecule has 1 saturated heterocycles. The minimum absolute atomic E-state index is 0.247. The average Bonchev–Trinajstić information content (AvgIpc) is 2.73. The fourth-order valence-corrected chi connectivity index (χ4v) is 2.36. The number of hydrogen-bond acceptors (Lipinski definition) is 4. The third-order valence-electron chi connectivity index (χ3n) is 3.52. The number of nitrogens with one attached hydrogen (secondary N) is 1. The number of nitrogens with zero attached hydrogens (tertiary/aromatic N) is 2. The molecule has 1 heterocycles. The average molecular weight is 273 g/mol. The maximum atomic E-state index is 12.5. The van der Waals surface area contributed by atoms with Crippen molar-refractivity contribution in [1.29, 1.82) is 5.26 Å². The van der Waals surface area contributed by atoms with Crippen LogP contribution in [0.3, 0.4) is 0 Å². The zero-order chi connectivity index (χ0) is 14.8. The Morgan fingerprint density at radius 2 is 2.00 bits per heavy atom. The first-order valence-corrected chi connectivity index (χ1v) is 6.24. The minimum atomic E-state index is -1.10. The van der Waals surface area contributed by atoms with Gasteiger partial charge in [-0.1, -0.05) is 19.1 Å². The molecule has 104 valence electrons. The zero-order valence-electron chi connectivity index (χ0n) is 11.3. The molecule has 0 aromatic heterocycles.